The van der Waals surface area contributed by atoms with Crippen LogP contribution < -0.4 is 10.3 Å². The van der Waals surface area contributed by atoms with Gasteiger partial charge in [0, 0.05) is 25.1 Å². The van der Waals surface area contributed by atoms with Gasteiger partial charge in [-0.15, -0.1) is 0 Å². The third-order valence-corrected chi connectivity index (χ3v) is 4.32. The fourth-order valence-electron chi connectivity index (χ4n) is 3.12. The molecule has 0 saturated carbocycles. The lowest BCUT2D eigenvalue weighted by molar-refractivity contribution is 0.188. The summed E-state index contributed by atoms with van der Waals surface area (Å²) < 4.78 is 18.5. The predicted octanol–water partition coefficient (Wildman–Crippen LogP) is 2.56. The monoisotopic (exact) mass is 331 g/mol. The lowest BCUT2D eigenvalue weighted by Gasteiger charge is -2.32. The van der Waals surface area contributed by atoms with Crippen LogP contribution in [0.2, 0.25) is 0 Å². The molecule has 0 bridgehead atoms. The number of ether oxygens (including phenoxy) is 1. The lowest BCUT2D eigenvalue weighted by atomic mass is 9.94. The number of piperidine rings is 1. The maximum Gasteiger partial charge on any atom is 0.250 e. The van der Waals surface area contributed by atoms with E-state index >= 15 is 0 Å². The highest BCUT2D eigenvalue weighted by Crippen LogP contribution is 2.24. The highest BCUT2D eigenvalue weighted by molar-refractivity contribution is 5.21. The Morgan fingerprint density at radius 3 is 2.96 bits per heavy atom. The van der Waals surface area contributed by atoms with Gasteiger partial charge in [0.2, 0.25) is 0 Å². The number of benzene rings is 1. The fraction of sp³-hybridized carbons (Fsp3) is 0.444. The molecule has 128 valence electrons. The summed E-state index contributed by atoms with van der Waals surface area (Å²) in [4.78, 5) is 20.7. The summed E-state index contributed by atoms with van der Waals surface area (Å²) >= 11 is 0. The Morgan fingerprint density at radius 1 is 1.33 bits per heavy atom. The first-order valence-electron chi connectivity index (χ1n) is 8.36. The molecule has 1 aliphatic heterocycles. The highest BCUT2D eigenvalue weighted by Gasteiger charge is 2.22. The second kappa shape index (κ2) is 8.06. The number of likely N-dealkylation sites (tertiary alicyclic amines) is 1. The van der Waals surface area contributed by atoms with E-state index in [0.717, 1.165) is 44.6 Å². The van der Waals surface area contributed by atoms with Gasteiger partial charge in [-0.1, -0.05) is 0 Å². The van der Waals surface area contributed by atoms with Crippen LogP contribution in [0, 0.1) is 5.82 Å². The van der Waals surface area contributed by atoms with Crippen LogP contribution in [-0.2, 0) is 0 Å². The van der Waals surface area contributed by atoms with E-state index in [4.69, 9.17) is 4.74 Å². The summed E-state index contributed by atoms with van der Waals surface area (Å²) in [6.07, 6.45) is 4.57. The van der Waals surface area contributed by atoms with Crippen molar-refractivity contribution in [3.8, 4) is 5.75 Å². The average Bonchev–Trinajstić information content (AvgIpc) is 2.61. The van der Waals surface area contributed by atoms with Crippen LogP contribution in [0.4, 0.5) is 4.39 Å². The number of nitrogens with one attached hydrogen (secondary N) is 1. The molecule has 1 atom stereocenters. The highest BCUT2D eigenvalue weighted by atomic mass is 19.1. The van der Waals surface area contributed by atoms with Crippen molar-refractivity contribution < 1.29 is 9.13 Å². The maximum absolute atomic E-state index is 12.8. The third kappa shape index (κ3) is 4.64. The summed E-state index contributed by atoms with van der Waals surface area (Å²) in [5.41, 5.74) is 0.788. The molecule has 2 heterocycles. The zero-order valence-electron chi connectivity index (χ0n) is 13.6. The van der Waals surface area contributed by atoms with E-state index in [2.05, 4.69) is 14.9 Å². The molecule has 0 unspecified atom stereocenters. The third-order valence-electron chi connectivity index (χ3n) is 4.32. The van der Waals surface area contributed by atoms with E-state index in [0.29, 0.717) is 18.3 Å². The molecular formula is C18H22FN3O2. The van der Waals surface area contributed by atoms with Crippen LogP contribution in [0.25, 0.3) is 0 Å². The zero-order chi connectivity index (χ0) is 16.8. The van der Waals surface area contributed by atoms with Gasteiger partial charge in [-0.05, 0) is 50.1 Å². The maximum atomic E-state index is 12.8. The number of H-pyrrole nitrogens is 1. The van der Waals surface area contributed by atoms with E-state index in [1.165, 1.54) is 18.5 Å². The van der Waals surface area contributed by atoms with Gasteiger partial charge < -0.3 is 14.6 Å². The summed E-state index contributed by atoms with van der Waals surface area (Å²) in [5, 5.41) is 0. The number of halogens is 1. The molecule has 1 aromatic carbocycles. The van der Waals surface area contributed by atoms with Gasteiger partial charge in [-0.25, -0.2) is 9.37 Å². The van der Waals surface area contributed by atoms with E-state index < -0.39 is 0 Å². The minimum Gasteiger partial charge on any atom is -0.494 e. The molecule has 1 saturated heterocycles. The Hall–Kier alpha value is -2.21. The van der Waals surface area contributed by atoms with Crippen LogP contribution in [0.5, 0.6) is 5.75 Å². The molecule has 2 aromatic rings. The summed E-state index contributed by atoms with van der Waals surface area (Å²) in [6, 6.07) is 7.69. The Bertz CT molecular complexity index is 702. The van der Waals surface area contributed by atoms with Crippen molar-refractivity contribution in [3.05, 3.63) is 58.5 Å². The van der Waals surface area contributed by atoms with Crippen molar-refractivity contribution in [1.29, 1.82) is 0 Å². The summed E-state index contributed by atoms with van der Waals surface area (Å²) in [5.74, 6) is 0.759. The first-order chi connectivity index (χ1) is 11.7. The summed E-state index contributed by atoms with van der Waals surface area (Å²) in [7, 11) is 0. The van der Waals surface area contributed by atoms with Crippen LogP contribution in [-0.4, -0.2) is 41.1 Å². The molecule has 0 spiro atoms. The number of aromatic amines is 1. The fourth-order valence-corrected chi connectivity index (χ4v) is 3.12. The van der Waals surface area contributed by atoms with Crippen molar-refractivity contribution in [3.63, 3.8) is 0 Å². The van der Waals surface area contributed by atoms with Crippen LogP contribution in [0.15, 0.2) is 41.5 Å². The van der Waals surface area contributed by atoms with Gasteiger partial charge >= 0.3 is 0 Å². The van der Waals surface area contributed by atoms with Gasteiger partial charge in [-0.3, -0.25) is 4.79 Å². The standard InChI is InChI=1S/C18H22FN3O2/c19-15-4-6-16(7-5-15)24-10-2-9-22-8-1-3-14(12-22)17-11-18(23)21-13-20-17/h4-7,11,13-14H,1-3,8-10,12H2,(H,20,21,23)/t14-/m0/s1. The largest absolute Gasteiger partial charge is 0.494 e. The summed E-state index contributed by atoms with van der Waals surface area (Å²) in [6.45, 7) is 3.54. The molecule has 6 heteroatoms. The van der Waals surface area contributed by atoms with E-state index in [9.17, 15) is 9.18 Å². The average molecular weight is 331 g/mol. The molecule has 0 amide bonds. The minimum atomic E-state index is -0.255. The van der Waals surface area contributed by atoms with Crippen molar-refractivity contribution in [2.24, 2.45) is 0 Å². The quantitative estimate of drug-likeness (QED) is 0.827. The molecule has 5 nitrogen and oxygen atoms in total. The normalized spacial score (nSPS) is 18.5. The Balaban J connectivity index is 1.44. The smallest absolute Gasteiger partial charge is 0.250 e. The van der Waals surface area contributed by atoms with Crippen LogP contribution >= 0.6 is 0 Å². The second-order valence-corrected chi connectivity index (χ2v) is 6.13. The van der Waals surface area contributed by atoms with Gasteiger partial charge in [0.25, 0.3) is 5.56 Å². The molecule has 0 aliphatic carbocycles. The molecule has 1 fully saturated rings. The van der Waals surface area contributed by atoms with Gasteiger partial charge in [0.15, 0.2) is 0 Å². The lowest BCUT2D eigenvalue weighted by Crippen LogP contribution is -2.36. The molecule has 24 heavy (non-hydrogen) atoms. The number of rotatable bonds is 6. The van der Waals surface area contributed by atoms with E-state index in [-0.39, 0.29) is 11.4 Å². The SMILES string of the molecule is O=c1cc([C@H]2CCCN(CCCOc3ccc(F)cc3)C2)nc[nH]1. The number of aromatic nitrogens is 2. The Kier molecular flexibility index (Phi) is 5.59. The van der Waals surface area contributed by atoms with Gasteiger partial charge in [-0.2, -0.15) is 0 Å². The van der Waals surface area contributed by atoms with E-state index in [1.54, 1.807) is 18.2 Å². The van der Waals surface area contributed by atoms with Gasteiger partial charge in [0.1, 0.15) is 11.6 Å². The second-order valence-electron chi connectivity index (χ2n) is 6.13. The van der Waals surface area contributed by atoms with Crippen LogP contribution in [0.3, 0.4) is 0 Å². The van der Waals surface area contributed by atoms with Crippen molar-refractivity contribution >= 4 is 0 Å². The topological polar surface area (TPSA) is 58.2 Å². The molecule has 3 rings (SSSR count). The first kappa shape index (κ1) is 16.6. The van der Waals surface area contributed by atoms with E-state index in [1.807, 2.05) is 0 Å². The minimum absolute atomic E-state index is 0.0928. The van der Waals surface area contributed by atoms with Crippen molar-refractivity contribution in [2.75, 3.05) is 26.2 Å². The first-order valence-corrected chi connectivity index (χ1v) is 8.36. The Morgan fingerprint density at radius 2 is 2.17 bits per heavy atom. The molecule has 1 aromatic heterocycles. The van der Waals surface area contributed by atoms with Crippen LogP contribution in [0.1, 0.15) is 30.9 Å². The Labute approximate surface area is 140 Å². The van der Waals surface area contributed by atoms with Crippen molar-refractivity contribution in [2.45, 2.75) is 25.2 Å². The number of hydrogen-bond acceptors (Lipinski definition) is 4. The van der Waals surface area contributed by atoms with Gasteiger partial charge in [0.05, 0.1) is 18.6 Å². The predicted molar refractivity (Wildman–Crippen MR) is 89.8 cm³/mol. The molecular weight excluding hydrogens is 309 g/mol. The van der Waals surface area contributed by atoms with Crippen molar-refractivity contribution in [1.82, 2.24) is 14.9 Å². The zero-order valence-corrected chi connectivity index (χ0v) is 13.6. The molecule has 0 radical (unpaired) electrons. The number of hydrogen-bond donors (Lipinski definition) is 1. The molecule has 1 N–H and O–H groups in total. The molecule has 1 aliphatic rings. The number of nitrogens with zero attached hydrogens (tertiary/aromatic N) is 2.